The second-order valence-electron chi connectivity index (χ2n) is 5.65. The minimum Gasteiger partial charge on any atom is -0.339 e. The van der Waals surface area contributed by atoms with Gasteiger partial charge in [0.15, 0.2) is 0 Å². The van der Waals surface area contributed by atoms with Crippen molar-refractivity contribution in [3.8, 4) is 0 Å². The molecule has 0 aromatic carbocycles. The Labute approximate surface area is 114 Å². The summed E-state index contributed by atoms with van der Waals surface area (Å²) >= 11 is 0. The molecule has 1 fully saturated rings. The average molecular weight is 264 g/mol. The van der Waals surface area contributed by atoms with Crippen LogP contribution in [0.15, 0.2) is 0 Å². The second-order valence-corrected chi connectivity index (χ2v) is 5.65. The molecule has 2 rings (SSSR count). The van der Waals surface area contributed by atoms with Crippen LogP contribution in [0.5, 0.6) is 0 Å². The molecule has 1 aromatic heterocycles. The summed E-state index contributed by atoms with van der Waals surface area (Å²) in [4.78, 5) is 14.5. The number of nitrogens with two attached hydrogens (primary N) is 1. The topological polar surface area (TPSA) is 64.2 Å². The molecule has 0 unspecified atom stereocenters. The quantitative estimate of drug-likeness (QED) is 0.877. The van der Waals surface area contributed by atoms with Gasteiger partial charge in [-0.3, -0.25) is 9.48 Å². The lowest BCUT2D eigenvalue weighted by Crippen LogP contribution is -2.42. The van der Waals surface area contributed by atoms with Crippen LogP contribution in [0.4, 0.5) is 0 Å². The van der Waals surface area contributed by atoms with E-state index in [0.29, 0.717) is 12.1 Å². The van der Waals surface area contributed by atoms with Crippen LogP contribution in [0.1, 0.15) is 47.4 Å². The minimum absolute atomic E-state index is 0.0866. The summed E-state index contributed by atoms with van der Waals surface area (Å²) in [6.45, 7) is 3.84. The van der Waals surface area contributed by atoms with E-state index in [-0.39, 0.29) is 5.91 Å². The lowest BCUT2D eigenvalue weighted by molar-refractivity contribution is 0.0688. The molecule has 0 aliphatic heterocycles. The number of amides is 1. The summed E-state index contributed by atoms with van der Waals surface area (Å²) in [6.07, 6.45) is 4.02. The van der Waals surface area contributed by atoms with Gasteiger partial charge in [-0.25, -0.2) is 0 Å². The van der Waals surface area contributed by atoms with Crippen molar-refractivity contribution in [3.05, 3.63) is 17.0 Å². The van der Waals surface area contributed by atoms with Crippen molar-refractivity contribution in [1.29, 1.82) is 0 Å². The number of rotatable bonds is 2. The highest BCUT2D eigenvalue weighted by atomic mass is 16.2. The van der Waals surface area contributed by atoms with Crippen molar-refractivity contribution in [2.24, 2.45) is 12.8 Å². The fourth-order valence-corrected chi connectivity index (χ4v) is 2.91. The molecule has 1 heterocycles. The summed E-state index contributed by atoms with van der Waals surface area (Å²) in [7, 11) is 3.77. The third kappa shape index (κ3) is 2.66. The minimum atomic E-state index is 0.0866. The normalized spacial score (nSPS) is 23.4. The maximum Gasteiger partial charge on any atom is 0.257 e. The summed E-state index contributed by atoms with van der Waals surface area (Å²) in [5.41, 5.74) is 8.41. The van der Waals surface area contributed by atoms with Gasteiger partial charge in [0, 0.05) is 31.9 Å². The highest BCUT2D eigenvalue weighted by Crippen LogP contribution is 2.24. The average Bonchev–Trinajstić information content (AvgIpc) is 2.62. The van der Waals surface area contributed by atoms with Crippen LogP contribution >= 0.6 is 0 Å². The van der Waals surface area contributed by atoms with Gasteiger partial charge in [-0.2, -0.15) is 5.10 Å². The van der Waals surface area contributed by atoms with Gasteiger partial charge in [-0.05, 0) is 39.5 Å². The first kappa shape index (κ1) is 14.1. The Morgan fingerprint density at radius 2 is 1.89 bits per heavy atom. The largest absolute Gasteiger partial charge is 0.339 e. The predicted molar refractivity (Wildman–Crippen MR) is 75.0 cm³/mol. The fourth-order valence-electron chi connectivity index (χ4n) is 2.91. The third-order valence-corrected chi connectivity index (χ3v) is 4.33. The van der Waals surface area contributed by atoms with Crippen LogP contribution in [0.3, 0.4) is 0 Å². The molecule has 106 valence electrons. The van der Waals surface area contributed by atoms with Crippen molar-refractivity contribution >= 4 is 5.91 Å². The van der Waals surface area contributed by atoms with Gasteiger partial charge in [0.1, 0.15) is 0 Å². The zero-order valence-corrected chi connectivity index (χ0v) is 12.3. The van der Waals surface area contributed by atoms with Crippen LogP contribution < -0.4 is 5.73 Å². The Kier molecular flexibility index (Phi) is 3.94. The van der Waals surface area contributed by atoms with E-state index in [1.807, 2.05) is 32.8 Å². The Morgan fingerprint density at radius 3 is 2.37 bits per heavy atom. The molecule has 1 aliphatic carbocycles. The highest BCUT2D eigenvalue weighted by Gasteiger charge is 2.28. The van der Waals surface area contributed by atoms with Crippen LogP contribution in [0, 0.1) is 13.8 Å². The van der Waals surface area contributed by atoms with Crippen LogP contribution in [0.2, 0.25) is 0 Å². The van der Waals surface area contributed by atoms with Gasteiger partial charge in [-0.15, -0.1) is 0 Å². The number of carbonyl (C=O) groups is 1. The van der Waals surface area contributed by atoms with Crippen molar-refractivity contribution in [2.75, 3.05) is 7.05 Å². The molecular formula is C14H24N4O. The molecule has 1 aliphatic rings. The van der Waals surface area contributed by atoms with E-state index in [9.17, 15) is 4.79 Å². The smallest absolute Gasteiger partial charge is 0.257 e. The molecule has 1 saturated carbocycles. The maximum atomic E-state index is 12.6. The first-order valence-electron chi connectivity index (χ1n) is 6.94. The van der Waals surface area contributed by atoms with E-state index in [4.69, 9.17) is 5.73 Å². The Balaban J connectivity index is 2.15. The summed E-state index contributed by atoms with van der Waals surface area (Å²) in [5, 5.41) is 4.32. The van der Waals surface area contributed by atoms with E-state index in [1.165, 1.54) is 0 Å². The second kappa shape index (κ2) is 5.33. The maximum absolute atomic E-state index is 12.6. The van der Waals surface area contributed by atoms with E-state index >= 15 is 0 Å². The fraction of sp³-hybridized carbons (Fsp3) is 0.714. The van der Waals surface area contributed by atoms with Gasteiger partial charge in [0.05, 0.1) is 11.3 Å². The van der Waals surface area contributed by atoms with E-state index < -0.39 is 0 Å². The number of hydrogen-bond acceptors (Lipinski definition) is 3. The molecule has 0 radical (unpaired) electrons. The van der Waals surface area contributed by atoms with Crippen molar-refractivity contribution in [1.82, 2.24) is 14.7 Å². The summed E-state index contributed by atoms with van der Waals surface area (Å²) in [5.74, 6) is 0.0866. The lowest BCUT2D eigenvalue weighted by atomic mass is 9.90. The van der Waals surface area contributed by atoms with E-state index in [1.54, 1.807) is 4.68 Å². The molecule has 1 amide bonds. The number of aryl methyl sites for hydroxylation is 2. The highest BCUT2D eigenvalue weighted by molar-refractivity contribution is 5.96. The standard InChI is InChI=1S/C14H24N4O/c1-9-13(10(2)18(4)16-9)14(19)17(3)12-7-5-11(15)6-8-12/h11-12H,5-8,15H2,1-4H3. The molecule has 5 heteroatoms. The monoisotopic (exact) mass is 264 g/mol. The van der Waals surface area contributed by atoms with Crippen molar-refractivity contribution in [3.63, 3.8) is 0 Å². The van der Waals surface area contributed by atoms with Gasteiger partial charge in [-0.1, -0.05) is 0 Å². The predicted octanol–water partition coefficient (Wildman–Crippen LogP) is 1.38. The van der Waals surface area contributed by atoms with Gasteiger partial charge < -0.3 is 10.6 Å². The first-order chi connectivity index (χ1) is 8.91. The Hall–Kier alpha value is -1.36. The molecule has 0 atom stereocenters. The summed E-state index contributed by atoms with van der Waals surface area (Å²) < 4.78 is 1.77. The first-order valence-corrected chi connectivity index (χ1v) is 6.94. The Bertz CT molecular complexity index is 472. The molecule has 19 heavy (non-hydrogen) atoms. The van der Waals surface area contributed by atoms with Crippen molar-refractivity contribution in [2.45, 2.75) is 51.6 Å². The van der Waals surface area contributed by atoms with Gasteiger partial charge >= 0.3 is 0 Å². The summed E-state index contributed by atoms with van der Waals surface area (Å²) in [6, 6.07) is 0.618. The lowest BCUT2D eigenvalue weighted by Gasteiger charge is -2.33. The number of hydrogen-bond donors (Lipinski definition) is 1. The molecular weight excluding hydrogens is 240 g/mol. The van der Waals surface area contributed by atoms with Crippen LogP contribution in [-0.2, 0) is 7.05 Å². The zero-order valence-electron chi connectivity index (χ0n) is 12.3. The Morgan fingerprint density at radius 1 is 1.32 bits per heavy atom. The van der Waals surface area contributed by atoms with Crippen molar-refractivity contribution < 1.29 is 4.79 Å². The van der Waals surface area contributed by atoms with E-state index in [2.05, 4.69) is 5.10 Å². The molecule has 0 spiro atoms. The molecule has 2 N–H and O–H groups in total. The number of nitrogens with zero attached hydrogens (tertiary/aromatic N) is 3. The molecule has 1 aromatic rings. The zero-order chi connectivity index (χ0) is 14.2. The third-order valence-electron chi connectivity index (χ3n) is 4.33. The number of aromatic nitrogens is 2. The van der Waals surface area contributed by atoms with Crippen LogP contribution in [0.25, 0.3) is 0 Å². The van der Waals surface area contributed by atoms with Gasteiger partial charge in [0.25, 0.3) is 5.91 Å². The van der Waals surface area contributed by atoms with E-state index in [0.717, 1.165) is 42.6 Å². The SMILES string of the molecule is Cc1nn(C)c(C)c1C(=O)N(C)C1CCC(N)CC1. The molecule has 0 bridgehead atoms. The molecule has 0 saturated heterocycles. The van der Waals surface area contributed by atoms with Crippen LogP contribution in [-0.4, -0.2) is 39.7 Å². The number of carbonyl (C=O) groups excluding carboxylic acids is 1. The molecule has 5 nitrogen and oxygen atoms in total. The van der Waals surface area contributed by atoms with Gasteiger partial charge in [0.2, 0.25) is 0 Å².